The largest absolute Gasteiger partial charge is 0.321 e. The quantitative estimate of drug-likeness (QED) is 0.508. The highest BCUT2D eigenvalue weighted by atomic mass is 16.6. The van der Waals surface area contributed by atoms with Gasteiger partial charge in [-0.05, 0) is 12.5 Å². The number of fused-ring (bicyclic) bond motifs is 1. The maximum absolute atomic E-state index is 12.3. The van der Waals surface area contributed by atoms with Crippen LogP contribution in [0.15, 0.2) is 12.1 Å². The lowest BCUT2D eigenvalue weighted by Gasteiger charge is -2.12. The first-order valence-electron chi connectivity index (χ1n) is 6.83. The van der Waals surface area contributed by atoms with Crippen molar-refractivity contribution in [2.45, 2.75) is 26.7 Å². The molecule has 0 saturated heterocycles. The van der Waals surface area contributed by atoms with Crippen LogP contribution < -0.4 is 5.32 Å². The van der Waals surface area contributed by atoms with Gasteiger partial charge in [-0.2, -0.15) is 0 Å². The zero-order chi connectivity index (χ0) is 16.4. The third-order valence-corrected chi connectivity index (χ3v) is 3.33. The maximum Gasteiger partial charge on any atom is 0.293 e. The molecule has 0 atom stereocenters. The van der Waals surface area contributed by atoms with Gasteiger partial charge in [0.05, 0.1) is 16.1 Å². The van der Waals surface area contributed by atoms with Gasteiger partial charge in [0.1, 0.15) is 5.69 Å². The summed E-state index contributed by atoms with van der Waals surface area (Å²) in [5.41, 5.74) is -0.417. The number of carbonyl (C=O) groups excluding carboxylic acids is 3. The highest BCUT2D eigenvalue weighted by molar-refractivity contribution is 6.22. The molecule has 116 valence electrons. The average Bonchev–Trinajstić information content (AvgIpc) is 2.67. The number of anilines is 1. The van der Waals surface area contributed by atoms with E-state index in [1.54, 1.807) is 0 Å². The van der Waals surface area contributed by atoms with Crippen molar-refractivity contribution in [1.82, 2.24) is 4.90 Å². The zero-order valence-corrected chi connectivity index (χ0v) is 12.2. The van der Waals surface area contributed by atoms with Gasteiger partial charge in [-0.1, -0.05) is 13.3 Å². The summed E-state index contributed by atoms with van der Waals surface area (Å²) in [5.74, 6) is -1.52. The van der Waals surface area contributed by atoms with Crippen LogP contribution in [0.2, 0.25) is 0 Å². The van der Waals surface area contributed by atoms with E-state index in [0.29, 0.717) is 6.42 Å². The van der Waals surface area contributed by atoms with E-state index in [-0.39, 0.29) is 23.4 Å². The van der Waals surface area contributed by atoms with Crippen LogP contribution in [-0.2, 0) is 4.79 Å². The monoisotopic (exact) mass is 305 g/mol. The van der Waals surface area contributed by atoms with Crippen molar-refractivity contribution in [3.63, 3.8) is 0 Å². The van der Waals surface area contributed by atoms with Crippen molar-refractivity contribution < 1.29 is 19.3 Å². The molecule has 0 aromatic heterocycles. The van der Waals surface area contributed by atoms with Crippen molar-refractivity contribution >= 4 is 29.1 Å². The molecule has 1 aromatic carbocycles. The van der Waals surface area contributed by atoms with Crippen LogP contribution >= 0.6 is 0 Å². The zero-order valence-electron chi connectivity index (χ0n) is 12.2. The molecule has 1 N–H and O–H groups in total. The topological polar surface area (TPSA) is 110 Å². The van der Waals surface area contributed by atoms with Gasteiger partial charge in [0.25, 0.3) is 17.5 Å². The Morgan fingerprint density at radius 2 is 1.86 bits per heavy atom. The van der Waals surface area contributed by atoms with Crippen molar-refractivity contribution in [3.8, 4) is 0 Å². The summed E-state index contributed by atoms with van der Waals surface area (Å²) in [6.07, 6.45) is 1.47. The molecule has 1 aromatic rings. The first-order valence-corrected chi connectivity index (χ1v) is 6.83. The normalized spacial score (nSPS) is 13.3. The van der Waals surface area contributed by atoms with Crippen molar-refractivity contribution in [2.75, 3.05) is 11.9 Å². The summed E-state index contributed by atoms with van der Waals surface area (Å²) >= 11 is 0. The van der Waals surface area contributed by atoms with Gasteiger partial charge in [-0.25, -0.2) is 0 Å². The number of amides is 3. The second-order valence-electron chi connectivity index (χ2n) is 4.97. The number of nitrogens with one attached hydrogen (secondary N) is 1. The molecule has 2 rings (SSSR count). The average molecular weight is 305 g/mol. The van der Waals surface area contributed by atoms with Crippen molar-refractivity contribution in [2.24, 2.45) is 0 Å². The Bertz CT molecular complexity index is 683. The van der Waals surface area contributed by atoms with Crippen LogP contribution in [-0.4, -0.2) is 34.1 Å². The summed E-state index contributed by atoms with van der Waals surface area (Å²) in [7, 11) is 0. The summed E-state index contributed by atoms with van der Waals surface area (Å²) in [4.78, 5) is 47.1. The number of imide groups is 1. The highest BCUT2D eigenvalue weighted by Gasteiger charge is 2.37. The molecule has 1 aliphatic rings. The number of nitro groups is 1. The minimum atomic E-state index is -0.696. The van der Waals surface area contributed by atoms with Gasteiger partial charge in [0, 0.05) is 19.5 Å². The number of unbranched alkanes of at least 4 members (excludes halogenated alkanes) is 1. The van der Waals surface area contributed by atoms with Crippen LogP contribution in [0.25, 0.3) is 0 Å². The fourth-order valence-corrected chi connectivity index (χ4v) is 2.29. The second-order valence-corrected chi connectivity index (χ2v) is 4.97. The molecule has 0 unspecified atom stereocenters. The Kier molecular flexibility index (Phi) is 4.20. The van der Waals surface area contributed by atoms with E-state index in [4.69, 9.17) is 0 Å². The fraction of sp³-hybridized carbons (Fsp3) is 0.357. The Morgan fingerprint density at radius 3 is 2.36 bits per heavy atom. The predicted molar refractivity (Wildman–Crippen MR) is 77.7 cm³/mol. The van der Waals surface area contributed by atoms with Crippen LogP contribution in [0.3, 0.4) is 0 Å². The van der Waals surface area contributed by atoms with E-state index >= 15 is 0 Å². The third-order valence-electron chi connectivity index (χ3n) is 3.33. The van der Waals surface area contributed by atoms with Crippen LogP contribution in [0, 0.1) is 10.1 Å². The molecule has 8 nitrogen and oxygen atoms in total. The molecule has 0 bridgehead atoms. The van der Waals surface area contributed by atoms with Crippen LogP contribution in [0.4, 0.5) is 11.4 Å². The summed E-state index contributed by atoms with van der Waals surface area (Å²) < 4.78 is 0. The van der Waals surface area contributed by atoms with Gasteiger partial charge in [0.2, 0.25) is 5.91 Å². The van der Waals surface area contributed by atoms with Gasteiger partial charge in [0.15, 0.2) is 0 Å². The number of carbonyl (C=O) groups is 3. The summed E-state index contributed by atoms with van der Waals surface area (Å²) in [6, 6.07) is 2.24. The summed E-state index contributed by atoms with van der Waals surface area (Å²) in [6.45, 7) is 3.40. The van der Waals surface area contributed by atoms with E-state index in [2.05, 4.69) is 5.32 Å². The minimum absolute atomic E-state index is 0.00176. The molecular weight excluding hydrogens is 290 g/mol. The predicted octanol–water partition coefficient (Wildman–Crippen LogP) is 1.95. The molecule has 22 heavy (non-hydrogen) atoms. The van der Waals surface area contributed by atoms with E-state index in [1.807, 2.05) is 6.92 Å². The number of hydrogen-bond acceptors (Lipinski definition) is 5. The third kappa shape index (κ3) is 2.67. The molecular formula is C14H15N3O5. The first kappa shape index (κ1) is 15.6. The molecule has 1 aliphatic heterocycles. The Morgan fingerprint density at radius 1 is 1.27 bits per heavy atom. The van der Waals surface area contributed by atoms with Gasteiger partial charge in [-0.3, -0.25) is 29.4 Å². The molecule has 0 fully saturated rings. The number of benzene rings is 1. The Labute approximate surface area is 126 Å². The summed E-state index contributed by atoms with van der Waals surface area (Å²) in [5, 5.41) is 13.4. The van der Waals surface area contributed by atoms with E-state index in [0.717, 1.165) is 17.4 Å². The molecule has 8 heteroatoms. The molecule has 0 radical (unpaired) electrons. The molecule has 0 saturated carbocycles. The van der Waals surface area contributed by atoms with E-state index < -0.39 is 28.3 Å². The van der Waals surface area contributed by atoms with E-state index in [1.165, 1.54) is 13.0 Å². The second kappa shape index (κ2) is 5.92. The van der Waals surface area contributed by atoms with Crippen LogP contribution in [0.1, 0.15) is 47.4 Å². The smallest absolute Gasteiger partial charge is 0.293 e. The fourth-order valence-electron chi connectivity index (χ4n) is 2.29. The lowest BCUT2D eigenvalue weighted by Crippen LogP contribution is -2.30. The first-order chi connectivity index (χ1) is 10.4. The van der Waals surface area contributed by atoms with Crippen LogP contribution in [0.5, 0.6) is 0 Å². The van der Waals surface area contributed by atoms with Gasteiger partial charge in [-0.15, -0.1) is 0 Å². The van der Waals surface area contributed by atoms with Gasteiger partial charge < -0.3 is 5.32 Å². The van der Waals surface area contributed by atoms with Crippen molar-refractivity contribution in [3.05, 3.63) is 33.4 Å². The van der Waals surface area contributed by atoms with E-state index in [9.17, 15) is 24.5 Å². The van der Waals surface area contributed by atoms with Gasteiger partial charge >= 0.3 is 0 Å². The minimum Gasteiger partial charge on any atom is -0.321 e. The lowest BCUT2D eigenvalue weighted by atomic mass is 10.1. The molecule has 0 spiro atoms. The lowest BCUT2D eigenvalue weighted by molar-refractivity contribution is -0.384. The standard InChI is InChI=1S/C14H15N3O5/c1-3-4-5-16-13(19)9-6-11(15-8(2)18)12(17(21)22)7-10(9)14(16)20/h6-7H,3-5H2,1-2H3,(H,15,18). The molecule has 0 aliphatic carbocycles. The number of rotatable bonds is 5. The Balaban J connectivity index is 2.49. The Hall–Kier alpha value is -2.77. The molecule has 1 heterocycles. The molecule has 3 amide bonds. The van der Waals surface area contributed by atoms with Crippen molar-refractivity contribution in [1.29, 1.82) is 0 Å². The maximum atomic E-state index is 12.3. The SMILES string of the molecule is CCCCN1C(=O)c2cc(NC(C)=O)c([N+](=O)[O-])cc2C1=O. The number of hydrogen-bond donors (Lipinski definition) is 1. The highest BCUT2D eigenvalue weighted by Crippen LogP contribution is 2.33. The number of nitrogens with zero attached hydrogens (tertiary/aromatic N) is 2. The number of nitro benzene ring substituents is 1.